The summed E-state index contributed by atoms with van der Waals surface area (Å²) in [6, 6.07) is 16.3. The molecule has 1 atom stereocenters. The number of nitriles is 1. The first-order valence-electron chi connectivity index (χ1n) is 10.8. The molecule has 0 spiro atoms. The monoisotopic (exact) mass is 434 g/mol. The van der Waals surface area contributed by atoms with Crippen molar-refractivity contribution in [3.05, 3.63) is 69.8 Å². The molecule has 1 aliphatic carbocycles. The fourth-order valence-electron chi connectivity index (χ4n) is 4.92. The fraction of sp³-hybridized carbons (Fsp3) is 0.417. The number of benzene rings is 2. The lowest BCUT2D eigenvalue weighted by atomic mass is 9.86. The van der Waals surface area contributed by atoms with E-state index in [0.717, 1.165) is 31.2 Å². The number of ether oxygens (including phenoxy) is 1. The van der Waals surface area contributed by atoms with E-state index in [-0.39, 0.29) is 35.5 Å². The third-order valence-electron chi connectivity index (χ3n) is 6.39. The van der Waals surface area contributed by atoms with Crippen molar-refractivity contribution in [1.29, 1.82) is 5.26 Å². The first kappa shape index (κ1) is 21.6. The smallest absolute Gasteiger partial charge is 0.411 e. The maximum absolute atomic E-state index is 12.8. The van der Waals surface area contributed by atoms with Gasteiger partial charge >= 0.3 is 6.09 Å². The predicted octanol–water partition coefficient (Wildman–Crippen LogP) is 5.16. The van der Waals surface area contributed by atoms with Crippen LogP contribution in [0.5, 0.6) is 0 Å². The second-order valence-electron chi connectivity index (χ2n) is 8.94. The molecule has 2 aromatic rings. The number of nitro benzene ring substituents is 1. The van der Waals surface area contributed by atoms with Crippen molar-refractivity contribution in [2.45, 2.75) is 63.3 Å². The Morgan fingerprint density at radius 2 is 1.84 bits per heavy atom. The molecule has 1 heterocycles. The van der Waals surface area contributed by atoms with Crippen molar-refractivity contribution in [3.63, 3.8) is 0 Å². The molecule has 32 heavy (non-hydrogen) atoms. The maximum Gasteiger partial charge on any atom is 0.411 e. The Kier molecular flexibility index (Phi) is 5.74. The van der Waals surface area contributed by atoms with Gasteiger partial charge in [0.1, 0.15) is 11.3 Å². The van der Waals surface area contributed by atoms with Crippen LogP contribution in [0.3, 0.4) is 0 Å². The molecular formula is C24H26N4O4. The Morgan fingerprint density at radius 1 is 1.16 bits per heavy atom. The zero-order valence-electron chi connectivity index (χ0n) is 18.2. The first-order chi connectivity index (χ1) is 15.3. The van der Waals surface area contributed by atoms with Crippen molar-refractivity contribution in [3.8, 4) is 6.07 Å². The molecule has 4 rings (SSSR count). The SMILES string of the molecule is CC1(C)OC(=O)N([C@H]2CC[C@H](Nc3ccc(C#N)cc3[N+](=O)[O-])CC2)C1c1ccccc1. The van der Waals surface area contributed by atoms with Crippen molar-refractivity contribution < 1.29 is 14.5 Å². The minimum Gasteiger partial charge on any atom is -0.441 e. The lowest BCUT2D eigenvalue weighted by Gasteiger charge is -2.38. The lowest BCUT2D eigenvalue weighted by molar-refractivity contribution is -0.384. The van der Waals surface area contributed by atoms with Crippen LogP contribution >= 0.6 is 0 Å². The summed E-state index contributed by atoms with van der Waals surface area (Å²) in [5, 5.41) is 23.7. The van der Waals surface area contributed by atoms with Crippen LogP contribution in [-0.4, -0.2) is 33.6 Å². The van der Waals surface area contributed by atoms with E-state index in [0.29, 0.717) is 5.69 Å². The molecule has 1 saturated heterocycles. The lowest BCUT2D eigenvalue weighted by Crippen LogP contribution is -2.44. The summed E-state index contributed by atoms with van der Waals surface area (Å²) in [6.45, 7) is 3.89. The van der Waals surface area contributed by atoms with Crippen LogP contribution in [0.2, 0.25) is 0 Å². The molecule has 0 radical (unpaired) electrons. The molecule has 1 N–H and O–H groups in total. The summed E-state index contributed by atoms with van der Waals surface area (Å²) in [4.78, 5) is 25.6. The predicted molar refractivity (Wildman–Crippen MR) is 119 cm³/mol. The van der Waals surface area contributed by atoms with Gasteiger partial charge in [-0.05, 0) is 57.2 Å². The highest BCUT2D eigenvalue weighted by Gasteiger charge is 2.51. The summed E-state index contributed by atoms with van der Waals surface area (Å²) < 4.78 is 5.74. The summed E-state index contributed by atoms with van der Waals surface area (Å²) in [5.41, 5.74) is 1.00. The highest BCUT2D eigenvalue weighted by molar-refractivity contribution is 5.72. The van der Waals surface area contributed by atoms with E-state index < -0.39 is 10.5 Å². The second-order valence-corrected chi connectivity index (χ2v) is 8.94. The van der Waals surface area contributed by atoms with Gasteiger partial charge in [0.25, 0.3) is 5.69 Å². The molecule has 1 saturated carbocycles. The quantitative estimate of drug-likeness (QED) is 0.514. The van der Waals surface area contributed by atoms with Gasteiger partial charge in [0.15, 0.2) is 0 Å². The van der Waals surface area contributed by atoms with E-state index in [1.165, 1.54) is 6.07 Å². The summed E-state index contributed by atoms with van der Waals surface area (Å²) in [6.07, 6.45) is 2.80. The molecule has 2 aromatic carbocycles. The first-order valence-corrected chi connectivity index (χ1v) is 10.8. The van der Waals surface area contributed by atoms with Crippen molar-refractivity contribution in [2.24, 2.45) is 0 Å². The number of cyclic esters (lactones) is 1. The molecule has 0 bridgehead atoms. The number of amides is 1. The molecule has 8 nitrogen and oxygen atoms in total. The van der Waals surface area contributed by atoms with Gasteiger partial charge in [-0.1, -0.05) is 30.3 Å². The number of carbonyl (C=O) groups is 1. The number of hydrogen-bond donors (Lipinski definition) is 1. The standard InChI is InChI=1S/C24H26N4O4/c1-24(2)22(17-6-4-3-5-7-17)27(23(29)32-24)19-11-9-18(10-12-19)26-20-13-8-16(15-25)14-21(20)28(30)31/h3-8,13-14,18-19,22,26H,9-12H2,1-2H3/t18-,19-,22?. The van der Waals surface area contributed by atoms with Gasteiger partial charge in [-0.3, -0.25) is 15.0 Å². The van der Waals surface area contributed by atoms with Gasteiger partial charge < -0.3 is 10.1 Å². The number of nitrogens with one attached hydrogen (secondary N) is 1. The Balaban J connectivity index is 1.47. The van der Waals surface area contributed by atoms with Gasteiger partial charge in [-0.25, -0.2) is 4.79 Å². The molecule has 1 unspecified atom stereocenters. The van der Waals surface area contributed by atoms with Crippen molar-refractivity contribution in [1.82, 2.24) is 4.90 Å². The van der Waals surface area contributed by atoms with Gasteiger partial charge in [0.2, 0.25) is 0 Å². The molecule has 0 aromatic heterocycles. The highest BCUT2D eigenvalue weighted by atomic mass is 16.6. The zero-order chi connectivity index (χ0) is 22.9. The van der Waals surface area contributed by atoms with Gasteiger partial charge in [-0.15, -0.1) is 0 Å². The van der Waals surface area contributed by atoms with Crippen LogP contribution in [0.4, 0.5) is 16.2 Å². The summed E-state index contributed by atoms with van der Waals surface area (Å²) >= 11 is 0. The van der Waals surface area contributed by atoms with Crippen LogP contribution < -0.4 is 5.32 Å². The molecule has 166 valence electrons. The normalized spacial score (nSPS) is 24.5. The fourth-order valence-corrected chi connectivity index (χ4v) is 4.92. The van der Waals surface area contributed by atoms with Crippen LogP contribution in [0.25, 0.3) is 0 Å². The Labute approximate surface area is 186 Å². The Morgan fingerprint density at radius 3 is 2.47 bits per heavy atom. The van der Waals surface area contributed by atoms with E-state index >= 15 is 0 Å². The highest BCUT2D eigenvalue weighted by Crippen LogP contribution is 2.44. The maximum atomic E-state index is 12.8. The van der Waals surface area contributed by atoms with Crippen LogP contribution in [-0.2, 0) is 4.74 Å². The summed E-state index contributed by atoms with van der Waals surface area (Å²) in [5.74, 6) is 0. The average Bonchev–Trinajstić information content (AvgIpc) is 3.03. The number of rotatable bonds is 5. The summed E-state index contributed by atoms with van der Waals surface area (Å²) in [7, 11) is 0. The average molecular weight is 434 g/mol. The number of anilines is 1. The Hall–Kier alpha value is -3.60. The molecule has 1 amide bonds. The van der Waals surface area contributed by atoms with Crippen LogP contribution in [0.15, 0.2) is 48.5 Å². The minimum atomic E-state index is -0.628. The van der Waals surface area contributed by atoms with Gasteiger partial charge in [0.05, 0.1) is 22.6 Å². The third-order valence-corrected chi connectivity index (χ3v) is 6.39. The van der Waals surface area contributed by atoms with Gasteiger partial charge in [0, 0.05) is 18.2 Å². The van der Waals surface area contributed by atoms with E-state index in [4.69, 9.17) is 10.00 Å². The minimum absolute atomic E-state index is 0.0449. The number of nitro groups is 1. The molecule has 2 aliphatic rings. The number of hydrogen-bond acceptors (Lipinski definition) is 6. The van der Waals surface area contributed by atoms with E-state index in [1.807, 2.05) is 55.1 Å². The third kappa shape index (κ3) is 4.11. The number of carbonyl (C=O) groups excluding carboxylic acids is 1. The largest absolute Gasteiger partial charge is 0.441 e. The van der Waals surface area contributed by atoms with Crippen molar-refractivity contribution >= 4 is 17.5 Å². The van der Waals surface area contributed by atoms with Crippen molar-refractivity contribution in [2.75, 3.05) is 5.32 Å². The zero-order valence-corrected chi connectivity index (χ0v) is 18.2. The molecular weight excluding hydrogens is 408 g/mol. The topological polar surface area (TPSA) is 108 Å². The molecule has 2 fully saturated rings. The molecule has 8 heteroatoms. The van der Waals surface area contributed by atoms with E-state index in [2.05, 4.69) is 5.32 Å². The van der Waals surface area contributed by atoms with E-state index in [9.17, 15) is 14.9 Å². The molecule has 1 aliphatic heterocycles. The number of nitrogens with zero attached hydrogens (tertiary/aromatic N) is 3. The van der Waals surface area contributed by atoms with E-state index in [1.54, 1.807) is 12.1 Å². The van der Waals surface area contributed by atoms with Gasteiger partial charge in [-0.2, -0.15) is 5.26 Å². The Bertz CT molecular complexity index is 1060. The second kappa shape index (κ2) is 8.50. The van der Waals surface area contributed by atoms with Crippen LogP contribution in [0.1, 0.15) is 56.7 Å². The van der Waals surface area contributed by atoms with Crippen LogP contribution in [0, 0.1) is 21.4 Å².